The molecule has 28 heavy (non-hydrogen) atoms. The molecule has 3 rings (SSSR count). The number of carbonyl (C=O) groups excluding carboxylic acids is 2. The molecule has 0 bridgehead atoms. The van der Waals surface area contributed by atoms with E-state index in [1.54, 1.807) is 12.1 Å². The number of benzene rings is 2. The summed E-state index contributed by atoms with van der Waals surface area (Å²) in [5.74, 6) is -0.619. The van der Waals surface area contributed by atoms with E-state index in [0.717, 1.165) is 35.4 Å². The summed E-state index contributed by atoms with van der Waals surface area (Å²) in [4.78, 5) is 26.8. The molecule has 6 heteroatoms. The van der Waals surface area contributed by atoms with E-state index in [2.05, 4.69) is 29.6 Å². The van der Waals surface area contributed by atoms with E-state index in [4.69, 9.17) is 0 Å². The lowest BCUT2D eigenvalue weighted by molar-refractivity contribution is -0.122. The molecule has 2 aromatic carbocycles. The number of aromatic nitrogens is 1. The van der Waals surface area contributed by atoms with Gasteiger partial charge in [-0.1, -0.05) is 18.2 Å². The second-order valence-electron chi connectivity index (χ2n) is 6.65. The van der Waals surface area contributed by atoms with Crippen LogP contribution in [0.1, 0.15) is 29.9 Å². The molecule has 0 fully saturated rings. The minimum Gasteiger partial charge on any atom is -0.372 e. The highest BCUT2D eigenvalue weighted by molar-refractivity contribution is 5.95. The summed E-state index contributed by atoms with van der Waals surface area (Å²) < 4.78 is 1.93. The van der Waals surface area contributed by atoms with Gasteiger partial charge in [-0.3, -0.25) is 20.4 Å². The first kappa shape index (κ1) is 19.5. The van der Waals surface area contributed by atoms with Gasteiger partial charge in [-0.2, -0.15) is 0 Å². The number of hydrazine groups is 1. The van der Waals surface area contributed by atoms with Crippen molar-refractivity contribution >= 4 is 28.4 Å². The quantitative estimate of drug-likeness (QED) is 0.647. The number of nitrogens with zero attached hydrogens (tertiary/aromatic N) is 2. The van der Waals surface area contributed by atoms with E-state index < -0.39 is 0 Å². The Bertz CT molecular complexity index is 972. The van der Waals surface area contributed by atoms with E-state index in [9.17, 15) is 9.59 Å². The smallest absolute Gasteiger partial charge is 0.269 e. The Morgan fingerprint density at radius 3 is 2.32 bits per heavy atom. The van der Waals surface area contributed by atoms with Crippen molar-refractivity contribution in [3.63, 3.8) is 0 Å². The summed E-state index contributed by atoms with van der Waals surface area (Å²) in [6, 6.07) is 17.3. The summed E-state index contributed by atoms with van der Waals surface area (Å²) >= 11 is 0. The molecule has 0 aliphatic carbocycles. The van der Waals surface area contributed by atoms with Crippen LogP contribution in [0.2, 0.25) is 0 Å². The number of fused-ring (bicyclic) bond motifs is 1. The number of hydrogen-bond acceptors (Lipinski definition) is 3. The molecule has 0 unspecified atom stereocenters. The second-order valence-corrected chi connectivity index (χ2v) is 6.65. The van der Waals surface area contributed by atoms with Crippen LogP contribution in [0.15, 0.2) is 54.6 Å². The summed E-state index contributed by atoms with van der Waals surface area (Å²) in [7, 11) is 0. The molecule has 146 valence electrons. The van der Waals surface area contributed by atoms with E-state index in [1.165, 1.54) is 0 Å². The lowest BCUT2D eigenvalue weighted by atomic mass is 10.2. The summed E-state index contributed by atoms with van der Waals surface area (Å²) in [5.41, 5.74) is 8.55. The molecule has 1 heterocycles. The molecule has 0 aliphatic heterocycles. The average molecular weight is 378 g/mol. The zero-order valence-electron chi connectivity index (χ0n) is 16.5. The van der Waals surface area contributed by atoms with Crippen molar-refractivity contribution in [2.75, 3.05) is 18.0 Å². The van der Waals surface area contributed by atoms with Crippen LogP contribution in [0, 0.1) is 6.92 Å². The van der Waals surface area contributed by atoms with Crippen molar-refractivity contribution < 1.29 is 9.59 Å². The van der Waals surface area contributed by atoms with Gasteiger partial charge in [0.15, 0.2) is 0 Å². The third kappa shape index (κ3) is 4.17. The van der Waals surface area contributed by atoms with Gasteiger partial charge in [0.05, 0.1) is 0 Å². The number of anilines is 1. The van der Waals surface area contributed by atoms with Crippen molar-refractivity contribution in [2.45, 2.75) is 27.3 Å². The Morgan fingerprint density at radius 1 is 0.964 bits per heavy atom. The number of carbonyl (C=O) groups is 2. The zero-order valence-corrected chi connectivity index (χ0v) is 16.5. The van der Waals surface area contributed by atoms with Crippen molar-refractivity contribution in [2.24, 2.45) is 0 Å². The minimum atomic E-state index is -0.339. The fourth-order valence-corrected chi connectivity index (χ4v) is 3.35. The second kappa shape index (κ2) is 8.61. The number of hydrogen-bond donors (Lipinski definition) is 2. The first-order chi connectivity index (χ1) is 13.5. The van der Waals surface area contributed by atoms with Gasteiger partial charge in [-0.15, -0.1) is 0 Å². The van der Waals surface area contributed by atoms with E-state index >= 15 is 0 Å². The average Bonchev–Trinajstić information content (AvgIpc) is 3.03. The number of nitrogens with one attached hydrogen (secondary N) is 2. The highest BCUT2D eigenvalue weighted by atomic mass is 16.2. The number of amides is 2. The van der Waals surface area contributed by atoms with E-state index in [0.29, 0.717) is 5.56 Å². The van der Waals surface area contributed by atoms with E-state index in [-0.39, 0.29) is 18.4 Å². The molecule has 0 radical (unpaired) electrons. The molecule has 2 amide bonds. The molecule has 0 saturated heterocycles. The molecule has 0 aliphatic rings. The summed E-state index contributed by atoms with van der Waals surface area (Å²) in [5, 5.41) is 1.09. The molecule has 2 N–H and O–H groups in total. The van der Waals surface area contributed by atoms with Gasteiger partial charge in [0.1, 0.15) is 6.54 Å². The van der Waals surface area contributed by atoms with Crippen LogP contribution in [0.25, 0.3) is 10.9 Å². The SMILES string of the molecule is CCN(CC)c1ccc(C(=O)NNC(=O)Cn2c(C)cc3ccccc32)cc1. The molecule has 6 nitrogen and oxygen atoms in total. The van der Waals surface area contributed by atoms with Gasteiger partial charge in [-0.05, 0) is 62.6 Å². The maximum atomic E-state index is 12.3. The summed E-state index contributed by atoms with van der Waals surface area (Å²) in [6.45, 7) is 8.10. The van der Waals surface area contributed by atoms with Crippen molar-refractivity contribution in [1.82, 2.24) is 15.4 Å². The Kier molecular flexibility index (Phi) is 5.99. The van der Waals surface area contributed by atoms with Crippen LogP contribution < -0.4 is 15.8 Å². The van der Waals surface area contributed by atoms with Crippen LogP contribution in [0.5, 0.6) is 0 Å². The first-order valence-corrected chi connectivity index (χ1v) is 9.52. The maximum absolute atomic E-state index is 12.3. The van der Waals surface area contributed by atoms with Crippen LogP contribution in [0.3, 0.4) is 0 Å². The third-order valence-electron chi connectivity index (χ3n) is 4.89. The van der Waals surface area contributed by atoms with Gasteiger partial charge in [0, 0.05) is 35.6 Å². The lowest BCUT2D eigenvalue weighted by Gasteiger charge is -2.21. The minimum absolute atomic E-state index is 0.139. The summed E-state index contributed by atoms with van der Waals surface area (Å²) in [6.07, 6.45) is 0. The van der Waals surface area contributed by atoms with Crippen LogP contribution in [-0.4, -0.2) is 29.5 Å². The molecular weight excluding hydrogens is 352 g/mol. The largest absolute Gasteiger partial charge is 0.372 e. The standard InChI is InChI=1S/C22H26N4O2/c1-4-25(5-2)19-12-10-17(11-13-19)22(28)24-23-21(27)15-26-16(3)14-18-8-6-7-9-20(18)26/h6-14H,4-5,15H2,1-3H3,(H,23,27)(H,24,28). The molecule has 3 aromatic rings. The van der Waals surface area contributed by atoms with Gasteiger partial charge in [0.2, 0.25) is 0 Å². The predicted octanol–water partition coefficient (Wildman–Crippen LogP) is 3.26. The Balaban J connectivity index is 1.59. The Labute approximate surface area is 165 Å². The van der Waals surface area contributed by atoms with Crippen LogP contribution in [0.4, 0.5) is 5.69 Å². The Hall–Kier alpha value is -3.28. The van der Waals surface area contributed by atoms with Gasteiger partial charge >= 0.3 is 0 Å². The van der Waals surface area contributed by atoms with Crippen molar-refractivity contribution in [3.8, 4) is 0 Å². The number of para-hydroxylation sites is 1. The maximum Gasteiger partial charge on any atom is 0.269 e. The molecule has 0 spiro atoms. The number of aryl methyl sites for hydroxylation is 1. The normalized spacial score (nSPS) is 10.7. The monoisotopic (exact) mass is 378 g/mol. The number of rotatable bonds is 6. The predicted molar refractivity (Wildman–Crippen MR) is 112 cm³/mol. The van der Waals surface area contributed by atoms with Crippen LogP contribution >= 0.6 is 0 Å². The molecule has 0 saturated carbocycles. The Morgan fingerprint density at radius 2 is 1.64 bits per heavy atom. The zero-order chi connectivity index (χ0) is 20.1. The fourth-order valence-electron chi connectivity index (χ4n) is 3.35. The first-order valence-electron chi connectivity index (χ1n) is 9.52. The highest BCUT2D eigenvalue weighted by Crippen LogP contribution is 2.19. The van der Waals surface area contributed by atoms with Gasteiger partial charge in [0.25, 0.3) is 11.8 Å². The van der Waals surface area contributed by atoms with Crippen molar-refractivity contribution in [1.29, 1.82) is 0 Å². The third-order valence-corrected chi connectivity index (χ3v) is 4.89. The van der Waals surface area contributed by atoms with Gasteiger partial charge < -0.3 is 9.47 Å². The topological polar surface area (TPSA) is 66.4 Å². The van der Waals surface area contributed by atoms with Crippen LogP contribution in [-0.2, 0) is 11.3 Å². The molecular formula is C22H26N4O2. The van der Waals surface area contributed by atoms with Crippen molar-refractivity contribution in [3.05, 3.63) is 65.9 Å². The fraction of sp³-hybridized carbons (Fsp3) is 0.273. The molecule has 1 aromatic heterocycles. The van der Waals surface area contributed by atoms with Gasteiger partial charge in [-0.25, -0.2) is 0 Å². The molecule has 0 atom stereocenters. The van der Waals surface area contributed by atoms with E-state index in [1.807, 2.05) is 54.0 Å². The highest BCUT2D eigenvalue weighted by Gasteiger charge is 2.11. The lowest BCUT2D eigenvalue weighted by Crippen LogP contribution is -2.43.